The van der Waals surface area contributed by atoms with Crippen molar-refractivity contribution in [3.63, 3.8) is 0 Å². The smallest absolute Gasteiger partial charge is 0.337 e. The third kappa shape index (κ3) is 1.74. The molecule has 2 aromatic rings. The molecule has 0 saturated carbocycles. The van der Waals surface area contributed by atoms with E-state index in [-0.39, 0.29) is 0 Å². The number of carbonyl (C=O) groups is 1. The van der Waals surface area contributed by atoms with Crippen LogP contribution in [0.5, 0.6) is 0 Å². The van der Waals surface area contributed by atoms with Gasteiger partial charge >= 0.3 is 5.97 Å². The van der Waals surface area contributed by atoms with Gasteiger partial charge in [-0.05, 0) is 25.0 Å². The molecule has 1 aromatic heterocycles. The maximum atomic E-state index is 11.2. The Kier molecular flexibility index (Phi) is 2.79. The van der Waals surface area contributed by atoms with E-state index >= 15 is 0 Å². The van der Waals surface area contributed by atoms with E-state index in [0.717, 1.165) is 20.9 Å². The van der Waals surface area contributed by atoms with Crippen molar-refractivity contribution in [2.75, 3.05) is 0 Å². The summed E-state index contributed by atoms with van der Waals surface area (Å²) in [7, 11) is 0. The van der Waals surface area contributed by atoms with E-state index in [1.807, 2.05) is 44.2 Å². The fraction of sp³-hybridized carbons (Fsp3) is 0.154. The first-order valence-electron chi connectivity index (χ1n) is 5.00. The Balaban J connectivity index is 2.66. The summed E-state index contributed by atoms with van der Waals surface area (Å²) < 4.78 is 0. The van der Waals surface area contributed by atoms with Crippen molar-refractivity contribution in [3.05, 3.63) is 46.3 Å². The average Bonchev–Trinajstić information content (AvgIpc) is 2.57. The van der Waals surface area contributed by atoms with E-state index < -0.39 is 5.97 Å². The van der Waals surface area contributed by atoms with Gasteiger partial charge in [-0.15, -0.1) is 11.3 Å². The molecule has 0 aliphatic heterocycles. The van der Waals surface area contributed by atoms with E-state index in [0.29, 0.717) is 5.56 Å². The SMILES string of the molecule is Cc1sc(-c2ccccc2)c(C(=O)O)c1C. The lowest BCUT2D eigenvalue weighted by Crippen LogP contribution is -1.98. The maximum absolute atomic E-state index is 11.2. The van der Waals surface area contributed by atoms with Gasteiger partial charge in [0.25, 0.3) is 0 Å². The van der Waals surface area contributed by atoms with Crippen molar-refractivity contribution in [2.45, 2.75) is 13.8 Å². The highest BCUT2D eigenvalue weighted by atomic mass is 32.1. The summed E-state index contributed by atoms with van der Waals surface area (Å²) in [6, 6.07) is 9.66. The van der Waals surface area contributed by atoms with Crippen LogP contribution in [0, 0.1) is 13.8 Å². The standard InChI is InChI=1S/C13H12O2S/c1-8-9(2)16-12(11(8)13(14)15)10-6-4-3-5-7-10/h3-7H,1-2H3,(H,14,15). The van der Waals surface area contributed by atoms with Crippen molar-refractivity contribution < 1.29 is 9.90 Å². The fourth-order valence-electron chi connectivity index (χ4n) is 1.68. The molecule has 16 heavy (non-hydrogen) atoms. The van der Waals surface area contributed by atoms with Crippen molar-refractivity contribution in [2.24, 2.45) is 0 Å². The molecule has 0 unspecified atom stereocenters. The number of rotatable bonds is 2. The summed E-state index contributed by atoms with van der Waals surface area (Å²) in [5.74, 6) is -0.847. The summed E-state index contributed by atoms with van der Waals surface area (Å²) in [6.45, 7) is 3.82. The Bertz CT molecular complexity index is 526. The van der Waals surface area contributed by atoms with Gasteiger partial charge in [0, 0.05) is 9.75 Å². The molecule has 1 N–H and O–H groups in total. The van der Waals surface area contributed by atoms with Gasteiger partial charge in [0.05, 0.1) is 5.56 Å². The summed E-state index contributed by atoms with van der Waals surface area (Å²) >= 11 is 1.54. The van der Waals surface area contributed by atoms with Gasteiger partial charge in [-0.25, -0.2) is 4.79 Å². The predicted octanol–water partition coefficient (Wildman–Crippen LogP) is 3.73. The molecule has 1 heterocycles. The molecule has 0 spiro atoms. The Morgan fingerprint density at radius 3 is 2.38 bits per heavy atom. The number of benzene rings is 1. The zero-order valence-electron chi connectivity index (χ0n) is 9.15. The Hall–Kier alpha value is -1.61. The van der Waals surface area contributed by atoms with Crippen molar-refractivity contribution in [1.29, 1.82) is 0 Å². The molecule has 0 saturated heterocycles. The second-order valence-corrected chi connectivity index (χ2v) is 4.88. The zero-order valence-corrected chi connectivity index (χ0v) is 9.97. The molecule has 1 aromatic carbocycles. The molecule has 2 rings (SSSR count). The fourth-order valence-corrected chi connectivity index (χ4v) is 2.84. The molecule has 3 heteroatoms. The van der Waals surface area contributed by atoms with Crippen LogP contribution < -0.4 is 0 Å². The lowest BCUT2D eigenvalue weighted by molar-refractivity contribution is 0.0697. The normalized spacial score (nSPS) is 10.4. The minimum atomic E-state index is -0.847. The van der Waals surface area contributed by atoms with Gasteiger partial charge in [0.15, 0.2) is 0 Å². The van der Waals surface area contributed by atoms with Crippen molar-refractivity contribution in [3.8, 4) is 10.4 Å². The number of aryl methyl sites for hydroxylation is 1. The minimum Gasteiger partial charge on any atom is -0.478 e. The third-order valence-electron chi connectivity index (χ3n) is 2.64. The van der Waals surface area contributed by atoms with Gasteiger partial charge in [-0.3, -0.25) is 0 Å². The molecule has 0 fully saturated rings. The highest BCUT2D eigenvalue weighted by Crippen LogP contribution is 2.35. The number of carboxylic acid groups (broad SMARTS) is 1. The van der Waals surface area contributed by atoms with Crippen LogP contribution in [0.25, 0.3) is 10.4 Å². The van der Waals surface area contributed by atoms with E-state index in [9.17, 15) is 9.90 Å². The van der Waals surface area contributed by atoms with Crippen LogP contribution in [0.15, 0.2) is 30.3 Å². The van der Waals surface area contributed by atoms with Gasteiger partial charge in [-0.1, -0.05) is 30.3 Å². The molecule has 2 nitrogen and oxygen atoms in total. The molecular weight excluding hydrogens is 220 g/mol. The molecule has 0 aliphatic carbocycles. The van der Waals surface area contributed by atoms with Crippen LogP contribution in [0.2, 0.25) is 0 Å². The second kappa shape index (κ2) is 4.10. The van der Waals surface area contributed by atoms with Gasteiger partial charge in [0.2, 0.25) is 0 Å². The Morgan fingerprint density at radius 2 is 1.81 bits per heavy atom. The van der Waals surface area contributed by atoms with Gasteiger partial charge < -0.3 is 5.11 Å². The molecule has 0 atom stereocenters. The summed E-state index contributed by atoms with van der Waals surface area (Å²) in [5, 5.41) is 9.23. The second-order valence-electron chi connectivity index (χ2n) is 3.66. The van der Waals surface area contributed by atoms with Gasteiger partial charge in [0.1, 0.15) is 0 Å². The molecule has 0 aliphatic rings. The summed E-state index contributed by atoms with van der Waals surface area (Å²) in [5.41, 5.74) is 2.28. The number of carboxylic acids is 1. The van der Waals surface area contributed by atoms with Crippen molar-refractivity contribution >= 4 is 17.3 Å². The number of hydrogen-bond acceptors (Lipinski definition) is 2. The minimum absolute atomic E-state index is 0.439. The largest absolute Gasteiger partial charge is 0.478 e. The number of hydrogen-bond donors (Lipinski definition) is 1. The molecule has 0 bridgehead atoms. The molecule has 82 valence electrons. The van der Waals surface area contributed by atoms with E-state index in [1.54, 1.807) is 11.3 Å². The lowest BCUT2D eigenvalue weighted by atomic mass is 10.1. The van der Waals surface area contributed by atoms with E-state index in [2.05, 4.69) is 0 Å². The third-order valence-corrected chi connectivity index (χ3v) is 3.89. The molecule has 0 amide bonds. The monoisotopic (exact) mass is 232 g/mol. The van der Waals surface area contributed by atoms with Crippen LogP contribution in [-0.4, -0.2) is 11.1 Å². The molecule has 0 radical (unpaired) electrons. The summed E-state index contributed by atoms with van der Waals surface area (Å²) in [4.78, 5) is 13.2. The van der Waals surface area contributed by atoms with Crippen LogP contribution in [0.4, 0.5) is 0 Å². The average molecular weight is 232 g/mol. The number of thiophene rings is 1. The highest BCUT2D eigenvalue weighted by Gasteiger charge is 2.19. The van der Waals surface area contributed by atoms with Crippen LogP contribution in [0.1, 0.15) is 20.8 Å². The van der Waals surface area contributed by atoms with E-state index in [4.69, 9.17) is 0 Å². The van der Waals surface area contributed by atoms with Crippen molar-refractivity contribution in [1.82, 2.24) is 0 Å². The highest BCUT2D eigenvalue weighted by molar-refractivity contribution is 7.16. The Morgan fingerprint density at radius 1 is 1.19 bits per heavy atom. The first-order chi connectivity index (χ1) is 7.61. The van der Waals surface area contributed by atoms with Crippen LogP contribution in [0.3, 0.4) is 0 Å². The van der Waals surface area contributed by atoms with Gasteiger partial charge in [-0.2, -0.15) is 0 Å². The maximum Gasteiger partial charge on any atom is 0.337 e. The summed E-state index contributed by atoms with van der Waals surface area (Å²) in [6.07, 6.45) is 0. The quantitative estimate of drug-likeness (QED) is 0.856. The lowest BCUT2D eigenvalue weighted by Gasteiger charge is -2.00. The topological polar surface area (TPSA) is 37.3 Å². The van der Waals surface area contributed by atoms with Crippen LogP contribution in [-0.2, 0) is 0 Å². The first kappa shape index (κ1) is 10.9. The number of aromatic carboxylic acids is 1. The van der Waals surface area contributed by atoms with Crippen LogP contribution >= 0.6 is 11.3 Å². The predicted molar refractivity (Wildman–Crippen MR) is 66.2 cm³/mol. The Labute approximate surface area is 98.2 Å². The zero-order chi connectivity index (χ0) is 11.7. The first-order valence-corrected chi connectivity index (χ1v) is 5.81. The molecular formula is C13H12O2S. The van der Waals surface area contributed by atoms with E-state index in [1.165, 1.54) is 0 Å².